The van der Waals surface area contributed by atoms with Crippen LogP contribution in [0.3, 0.4) is 0 Å². The quantitative estimate of drug-likeness (QED) is 0.875. The summed E-state index contributed by atoms with van der Waals surface area (Å²) in [5.74, 6) is -0.319. The lowest BCUT2D eigenvalue weighted by atomic mass is 10.0. The van der Waals surface area contributed by atoms with E-state index in [1.807, 2.05) is 13.8 Å². The van der Waals surface area contributed by atoms with Crippen LogP contribution in [0, 0.1) is 11.7 Å². The van der Waals surface area contributed by atoms with Crippen LogP contribution >= 0.6 is 15.9 Å². The first-order valence-corrected chi connectivity index (χ1v) is 6.68. The zero-order valence-corrected chi connectivity index (χ0v) is 12.1. The number of hydrogen-bond acceptors (Lipinski definition) is 2. The van der Waals surface area contributed by atoms with Gasteiger partial charge in [-0.2, -0.15) is 0 Å². The maximum absolute atomic E-state index is 13.0. The Morgan fingerprint density at radius 3 is 2.72 bits per heavy atom. The molecule has 0 heterocycles. The average molecular weight is 317 g/mol. The molecule has 1 amide bonds. The van der Waals surface area contributed by atoms with Crippen molar-refractivity contribution in [3.8, 4) is 0 Å². The Morgan fingerprint density at radius 2 is 2.17 bits per heavy atom. The summed E-state index contributed by atoms with van der Waals surface area (Å²) in [6, 6.07) is 4.34. The molecular weight excluding hydrogens is 299 g/mol. The highest BCUT2D eigenvalue weighted by Gasteiger charge is 2.16. The van der Waals surface area contributed by atoms with Crippen LogP contribution < -0.4 is 11.1 Å². The molecule has 3 N–H and O–H groups in total. The predicted octanol–water partition coefficient (Wildman–Crippen LogP) is 2.23. The molecule has 1 atom stereocenters. The first-order chi connectivity index (χ1) is 8.41. The number of amides is 1. The van der Waals surface area contributed by atoms with Gasteiger partial charge < -0.3 is 11.1 Å². The second-order valence-electron chi connectivity index (χ2n) is 4.56. The minimum atomic E-state index is -0.482. The molecule has 0 aliphatic carbocycles. The second kappa shape index (κ2) is 6.85. The lowest BCUT2D eigenvalue weighted by Gasteiger charge is -2.15. The Bertz CT molecular complexity index is 423. The summed E-state index contributed by atoms with van der Waals surface area (Å²) >= 11 is 3.13. The topological polar surface area (TPSA) is 55.1 Å². The van der Waals surface area contributed by atoms with E-state index in [1.165, 1.54) is 6.07 Å². The van der Waals surface area contributed by atoms with Crippen LogP contribution in [0.2, 0.25) is 0 Å². The molecule has 0 spiro atoms. The van der Waals surface area contributed by atoms with Crippen LogP contribution in [-0.2, 0) is 11.2 Å². The fraction of sp³-hybridized carbons (Fsp3) is 0.462. The van der Waals surface area contributed by atoms with Crippen molar-refractivity contribution in [1.82, 2.24) is 5.32 Å². The highest BCUT2D eigenvalue weighted by atomic mass is 79.9. The Kier molecular flexibility index (Phi) is 5.75. The Morgan fingerprint density at radius 1 is 1.50 bits per heavy atom. The van der Waals surface area contributed by atoms with E-state index in [4.69, 9.17) is 5.73 Å². The molecule has 0 saturated heterocycles. The van der Waals surface area contributed by atoms with E-state index in [0.717, 1.165) is 5.56 Å². The van der Waals surface area contributed by atoms with E-state index in [9.17, 15) is 9.18 Å². The zero-order chi connectivity index (χ0) is 13.7. The molecule has 0 aliphatic rings. The van der Waals surface area contributed by atoms with Crippen molar-refractivity contribution >= 4 is 21.8 Å². The van der Waals surface area contributed by atoms with Crippen molar-refractivity contribution in [3.05, 3.63) is 34.1 Å². The van der Waals surface area contributed by atoms with Gasteiger partial charge in [-0.3, -0.25) is 4.79 Å². The van der Waals surface area contributed by atoms with Crippen LogP contribution in [0.5, 0.6) is 0 Å². The number of nitrogens with two attached hydrogens (primary N) is 1. The van der Waals surface area contributed by atoms with Crippen LogP contribution in [-0.4, -0.2) is 18.5 Å². The molecule has 0 radical (unpaired) electrons. The lowest BCUT2D eigenvalue weighted by Crippen LogP contribution is -2.44. The Hall–Kier alpha value is -0.940. The minimum absolute atomic E-state index is 0.116. The highest BCUT2D eigenvalue weighted by molar-refractivity contribution is 9.10. The van der Waals surface area contributed by atoms with Gasteiger partial charge in [0.15, 0.2) is 0 Å². The number of rotatable bonds is 5. The molecule has 0 unspecified atom stereocenters. The molecule has 0 saturated carbocycles. The number of nitrogens with one attached hydrogen (secondary N) is 1. The van der Waals surface area contributed by atoms with Gasteiger partial charge in [-0.1, -0.05) is 19.9 Å². The van der Waals surface area contributed by atoms with Gasteiger partial charge >= 0.3 is 0 Å². The third kappa shape index (κ3) is 4.38. The van der Waals surface area contributed by atoms with Crippen molar-refractivity contribution in [2.75, 3.05) is 6.54 Å². The molecule has 5 heteroatoms. The summed E-state index contributed by atoms with van der Waals surface area (Å²) in [4.78, 5) is 11.6. The van der Waals surface area contributed by atoms with Gasteiger partial charge in [-0.05, 0) is 46.0 Å². The number of halogens is 2. The molecule has 1 rings (SSSR count). The van der Waals surface area contributed by atoms with Crippen molar-refractivity contribution in [1.29, 1.82) is 0 Å². The summed E-state index contributed by atoms with van der Waals surface area (Å²) in [5, 5.41) is 2.77. The molecule has 0 aromatic heterocycles. The number of carbonyl (C=O) groups is 1. The van der Waals surface area contributed by atoms with Crippen LogP contribution in [0.4, 0.5) is 4.39 Å². The average Bonchev–Trinajstić information content (AvgIpc) is 2.32. The van der Waals surface area contributed by atoms with Crippen LogP contribution in [0.15, 0.2) is 22.7 Å². The van der Waals surface area contributed by atoms with E-state index in [1.54, 1.807) is 12.1 Å². The fourth-order valence-corrected chi connectivity index (χ4v) is 1.87. The lowest BCUT2D eigenvalue weighted by molar-refractivity contribution is -0.123. The zero-order valence-electron chi connectivity index (χ0n) is 10.5. The monoisotopic (exact) mass is 316 g/mol. The van der Waals surface area contributed by atoms with Gasteiger partial charge in [0, 0.05) is 6.54 Å². The minimum Gasteiger partial charge on any atom is -0.354 e. The fourth-order valence-electron chi connectivity index (χ4n) is 1.45. The third-order valence-corrected chi connectivity index (χ3v) is 3.33. The van der Waals surface area contributed by atoms with Gasteiger partial charge in [-0.25, -0.2) is 4.39 Å². The molecule has 3 nitrogen and oxygen atoms in total. The number of hydrogen-bond donors (Lipinski definition) is 2. The van der Waals surface area contributed by atoms with Crippen LogP contribution in [0.1, 0.15) is 19.4 Å². The molecular formula is C13H18BrFN2O. The normalized spacial score (nSPS) is 12.6. The molecule has 1 aromatic carbocycles. The maximum Gasteiger partial charge on any atom is 0.237 e. The standard InChI is InChI=1S/C13H18BrFN2O/c1-8(2)12(16)13(18)17-6-5-9-3-4-11(15)10(14)7-9/h3-4,7-8,12H,5-6,16H2,1-2H3,(H,17,18)/t12-/m0/s1. The van der Waals surface area contributed by atoms with Crippen LogP contribution in [0.25, 0.3) is 0 Å². The second-order valence-corrected chi connectivity index (χ2v) is 5.41. The molecule has 18 heavy (non-hydrogen) atoms. The van der Waals surface area contributed by atoms with Crippen molar-refractivity contribution in [3.63, 3.8) is 0 Å². The Balaban J connectivity index is 2.42. The largest absolute Gasteiger partial charge is 0.354 e. The third-order valence-electron chi connectivity index (χ3n) is 2.72. The van der Waals surface area contributed by atoms with E-state index >= 15 is 0 Å². The molecule has 0 aliphatic heterocycles. The van der Waals surface area contributed by atoms with Crippen molar-refractivity contribution in [2.24, 2.45) is 11.7 Å². The van der Waals surface area contributed by atoms with E-state index in [2.05, 4.69) is 21.2 Å². The molecule has 0 bridgehead atoms. The predicted molar refractivity (Wildman–Crippen MR) is 73.6 cm³/mol. The SMILES string of the molecule is CC(C)[C@H](N)C(=O)NCCc1ccc(F)c(Br)c1. The van der Waals surface area contributed by atoms with Gasteiger partial charge in [0.25, 0.3) is 0 Å². The molecule has 100 valence electrons. The van der Waals surface area contributed by atoms with E-state index < -0.39 is 6.04 Å². The Labute approximate surface area is 115 Å². The smallest absolute Gasteiger partial charge is 0.237 e. The highest BCUT2D eigenvalue weighted by Crippen LogP contribution is 2.16. The summed E-state index contributed by atoms with van der Waals surface area (Å²) in [6.07, 6.45) is 0.648. The van der Waals surface area contributed by atoms with Gasteiger partial charge in [0.2, 0.25) is 5.91 Å². The molecule has 1 aromatic rings. The first-order valence-electron chi connectivity index (χ1n) is 5.89. The molecule has 0 fully saturated rings. The summed E-state index contributed by atoms with van der Waals surface area (Å²) in [7, 11) is 0. The van der Waals surface area contributed by atoms with Gasteiger partial charge in [-0.15, -0.1) is 0 Å². The van der Waals surface area contributed by atoms with E-state index in [-0.39, 0.29) is 17.6 Å². The van der Waals surface area contributed by atoms with Crippen molar-refractivity contribution < 1.29 is 9.18 Å². The maximum atomic E-state index is 13.0. The number of carbonyl (C=O) groups excluding carboxylic acids is 1. The van der Waals surface area contributed by atoms with Crippen molar-refractivity contribution in [2.45, 2.75) is 26.3 Å². The summed E-state index contributed by atoms with van der Waals surface area (Å²) in [6.45, 7) is 4.31. The number of benzene rings is 1. The van der Waals surface area contributed by atoms with E-state index in [0.29, 0.717) is 17.4 Å². The van der Waals surface area contributed by atoms with Gasteiger partial charge in [0.1, 0.15) is 5.82 Å². The first kappa shape index (κ1) is 15.1. The van der Waals surface area contributed by atoms with Gasteiger partial charge in [0.05, 0.1) is 10.5 Å². The summed E-state index contributed by atoms with van der Waals surface area (Å²) in [5.41, 5.74) is 6.67. The summed E-state index contributed by atoms with van der Waals surface area (Å²) < 4.78 is 13.4.